The lowest BCUT2D eigenvalue weighted by Gasteiger charge is -2.46. The van der Waals surface area contributed by atoms with E-state index in [-0.39, 0.29) is 0 Å². The van der Waals surface area contributed by atoms with Gasteiger partial charge in [-0.3, -0.25) is 0 Å². The van der Waals surface area contributed by atoms with Gasteiger partial charge in [-0.25, -0.2) is 0 Å². The normalized spacial score (nSPS) is 13.2. The summed E-state index contributed by atoms with van der Waals surface area (Å²) in [6, 6.07) is 90.5. The summed E-state index contributed by atoms with van der Waals surface area (Å²) in [5, 5.41) is 4.27. The highest BCUT2D eigenvalue weighted by Gasteiger charge is 2.54. The summed E-state index contributed by atoms with van der Waals surface area (Å²) in [6.07, 6.45) is 0. The second-order valence-corrected chi connectivity index (χ2v) is 18.6. The van der Waals surface area contributed by atoms with Crippen LogP contribution < -0.4 is 4.90 Å². The number of para-hydroxylation sites is 3. The van der Waals surface area contributed by atoms with Crippen molar-refractivity contribution in [1.82, 2.24) is 0 Å². The molecule has 13 aromatic rings. The standard InChI is InChI=1S/C67H41NO2/c1-4-22-42(23-5-1)45-28-10-12-30-47(45)53-40-57-63(61-51-34-16-20-38-59(51)69-65(53)61)68(44-26-8-3-9-27-44)64-58(67(57)55-36-18-14-32-49(55)50-33-15-19-37-56(50)67)41-54(66-62(64)52-35-17-21-39-60(52)70-66)48-31-13-11-29-46(48)43-24-6-2-7-25-43/h1-41H. The molecule has 0 saturated heterocycles. The molecule has 0 fully saturated rings. The van der Waals surface area contributed by atoms with E-state index in [0.29, 0.717) is 0 Å². The first-order chi connectivity index (χ1) is 34.8. The van der Waals surface area contributed by atoms with Crippen LogP contribution in [0, 0.1) is 0 Å². The van der Waals surface area contributed by atoms with Gasteiger partial charge in [-0.15, -0.1) is 0 Å². The Bertz CT molecular complexity index is 3980. The van der Waals surface area contributed by atoms with Crippen molar-refractivity contribution in [3.63, 3.8) is 0 Å². The molecule has 326 valence electrons. The smallest absolute Gasteiger partial charge is 0.145 e. The Hall–Kier alpha value is -9.18. The minimum absolute atomic E-state index is 0.824. The van der Waals surface area contributed by atoms with Crippen LogP contribution in [-0.2, 0) is 5.41 Å². The van der Waals surface area contributed by atoms with Gasteiger partial charge in [-0.2, -0.15) is 0 Å². The molecule has 0 N–H and O–H groups in total. The number of hydrogen-bond acceptors (Lipinski definition) is 3. The van der Waals surface area contributed by atoms with Crippen LogP contribution in [0.25, 0.3) is 99.5 Å². The summed E-state index contributed by atoms with van der Waals surface area (Å²) < 4.78 is 14.6. The SMILES string of the molecule is c1ccc(-c2ccccc2-c2cc3c(c4c2oc2ccccc24)N(c2ccccc2)c2c(cc(-c4ccccc4-c4ccccc4)c4oc5ccccc5c24)C32c3ccccc3-c3ccccc32)cc1. The summed E-state index contributed by atoms with van der Waals surface area (Å²) in [5.74, 6) is 0. The lowest BCUT2D eigenvalue weighted by Crippen LogP contribution is -2.36. The summed E-state index contributed by atoms with van der Waals surface area (Å²) in [7, 11) is 0. The number of furan rings is 2. The molecule has 11 aromatic carbocycles. The number of rotatable bonds is 5. The Labute approximate surface area is 404 Å². The maximum atomic E-state index is 7.29. The van der Waals surface area contributed by atoms with Crippen LogP contribution in [0.4, 0.5) is 17.1 Å². The van der Waals surface area contributed by atoms with Crippen LogP contribution in [0.1, 0.15) is 22.3 Å². The summed E-state index contributed by atoms with van der Waals surface area (Å²) in [4.78, 5) is 2.55. The molecule has 1 aliphatic heterocycles. The summed E-state index contributed by atoms with van der Waals surface area (Å²) in [6.45, 7) is 0. The summed E-state index contributed by atoms with van der Waals surface area (Å²) in [5.41, 5.74) is 22.0. The van der Waals surface area contributed by atoms with E-state index >= 15 is 0 Å². The minimum atomic E-state index is -0.824. The lowest BCUT2D eigenvalue weighted by atomic mass is 9.63. The van der Waals surface area contributed by atoms with Crippen molar-refractivity contribution in [2.24, 2.45) is 0 Å². The number of nitrogens with zero attached hydrogens (tertiary/aromatic N) is 1. The van der Waals surface area contributed by atoms with Gasteiger partial charge in [-0.1, -0.05) is 212 Å². The van der Waals surface area contributed by atoms with Crippen molar-refractivity contribution >= 4 is 60.9 Å². The van der Waals surface area contributed by atoms with Gasteiger partial charge in [0, 0.05) is 27.6 Å². The van der Waals surface area contributed by atoms with Crippen LogP contribution in [0.15, 0.2) is 258 Å². The second kappa shape index (κ2) is 14.9. The molecule has 0 atom stereocenters. The molecule has 2 aliphatic rings. The van der Waals surface area contributed by atoms with E-state index in [9.17, 15) is 0 Å². The van der Waals surface area contributed by atoms with Gasteiger partial charge in [0.05, 0.1) is 27.6 Å². The fourth-order valence-corrected chi connectivity index (χ4v) is 12.3. The van der Waals surface area contributed by atoms with E-state index in [1.807, 2.05) is 0 Å². The predicted molar refractivity (Wildman–Crippen MR) is 288 cm³/mol. The van der Waals surface area contributed by atoms with Crippen molar-refractivity contribution in [3.8, 4) is 55.6 Å². The Kier molecular flexibility index (Phi) is 8.28. The first-order valence-electron chi connectivity index (χ1n) is 24.1. The zero-order valence-corrected chi connectivity index (χ0v) is 37.9. The van der Waals surface area contributed by atoms with Crippen molar-refractivity contribution in [1.29, 1.82) is 0 Å². The van der Waals surface area contributed by atoms with Crippen molar-refractivity contribution in [3.05, 3.63) is 271 Å². The van der Waals surface area contributed by atoms with Gasteiger partial charge in [0.15, 0.2) is 0 Å². The number of anilines is 3. The fraction of sp³-hybridized carbons (Fsp3) is 0.0149. The van der Waals surface area contributed by atoms with Gasteiger partial charge < -0.3 is 13.7 Å². The van der Waals surface area contributed by atoms with E-state index < -0.39 is 5.41 Å². The Morgan fingerprint density at radius 1 is 0.286 bits per heavy atom. The van der Waals surface area contributed by atoms with E-state index in [4.69, 9.17) is 8.83 Å². The van der Waals surface area contributed by atoms with Gasteiger partial charge in [0.2, 0.25) is 0 Å². The zero-order valence-electron chi connectivity index (χ0n) is 37.9. The fourth-order valence-electron chi connectivity index (χ4n) is 12.3. The molecule has 0 bridgehead atoms. The first-order valence-corrected chi connectivity index (χ1v) is 24.1. The molecule has 0 amide bonds. The molecule has 15 rings (SSSR count). The number of fused-ring (bicyclic) bond motifs is 17. The molecule has 1 aliphatic carbocycles. The quantitative estimate of drug-likeness (QED) is 0.172. The van der Waals surface area contributed by atoms with Crippen molar-refractivity contribution < 1.29 is 8.83 Å². The first kappa shape index (κ1) is 38.9. The highest BCUT2D eigenvalue weighted by molar-refractivity contribution is 6.25. The molecule has 0 unspecified atom stereocenters. The van der Waals surface area contributed by atoms with Gasteiger partial charge in [-0.05, 0) is 103 Å². The van der Waals surface area contributed by atoms with Crippen molar-refractivity contribution in [2.75, 3.05) is 4.90 Å². The maximum absolute atomic E-state index is 7.29. The molecule has 0 radical (unpaired) electrons. The minimum Gasteiger partial charge on any atom is -0.455 e. The largest absolute Gasteiger partial charge is 0.455 e. The lowest BCUT2D eigenvalue weighted by molar-refractivity contribution is 0.668. The van der Waals surface area contributed by atoms with E-state index in [2.05, 4.69) is 254 Å². The Morgan fingerprint density at radius 2 is 0.643 bits per heavy atom. The number of benzene rings is 11. The third-order valence-corrected chi connectivity index (χ3v) is 15.1. The summed E-state index contributed by atoms with van der Waals surface area (Å²) >= 11 is 0. The molecule has 1 spiro atoms. The van der Waals surface area contributed by atoms with E-state index in [1.165, 1.54) is 33.4 Å². The zero-order chi connectivity index (χ0) is 45.9. The van der Waals surface area contributed by atoms with Gasteiger partial charge >= 0.3 is 0 Å². The second-order valence-electron chi connectivity index (χ2n) is 18.6. The van der Waals surface area contributed by atoms with Crippen LogP contribution in [-0.4, -0.2) is 0 Å². The number of hydrogen-bond donors (Lipinski definition) is 0. The predicted octanol–water partition coefficient (Wildman–Crippen LogP) is 18.3. The van der Waals surface area contributed by atoms with E-state index in [0.717, 1.165) is 105 Å². The Balaban J connectivity index is 1.21. The molecule has 3 heteroatoms. The van der Waals surface area contributed by atoms with Crippen LogP contribution >= 0.6 is 0 Å². The molecule has 2 aromatic heterocycles. The topological polar surface area (TPSA) is 29.5 Å². The molecule has 3 heterocycles. The van der Waals surface area contributed by atoms with Crippen LogP contribution in [0.5, 0.6) is 0 Å². The highest BCUT2D eigenvalue weighted by Crippen LogP contribution is 2.68. The third kappa shape index (κ3) is 5.29. The molecular formula is C67H41NO2. The molecule has 3 nitrogen and oxygen atoms in total. The third-order valence-electron chi connectivity index (χ3n) is 15.1. The average Bonchev–Trinajstić information content (AvgIpc) is 4.11. The van der Waals surface area contributed by atoms with Gasteiger partial charge in [0.25, 0.3) is 0 Å². The monoisotopic (exact) mass is 891 g/mol. The van der Waals surface area contributed by atoms with Crippen LogP contribution in [0.3, 0.4) is 0 Å². The molecule has 70 heavy (non-hydrogen) atoms. The van der Waals surface area contributed by atoms with Gasteiger partial charge in [0.1, 0.15) is 22.3 Å². The van der Waals surface area contributed by atoms with Crippen molar-refractivity contribution in [2.45, 2.75) is 5.41 Å². The Morgan fingerprint density at radius 3 is 1.10 bits per heavy atom. The van der Waals surface area contributed by atoms with Crippen LogP contribution in [0.2, 0.25) is 0 Å². The molecule has 0 saturated carbocycles. The van der Waals surface area contributed by atoms with E-state index in [1.54, 1.807) is 0 Å². The molecular weight excluding hydrogens is 851 g/mol. The maximum Gasteiger partial charge on any atom is 0.145 e. The highest BCUT2D eigenvalue weighted by atomic mass is 16.3. The average molecular weight is 892 g/mol.